The van der Waals surface area contributed by atoms with Crippen molar-refractivity contribution in [1.29, 1.82) is 10.5 Å². The molecule has 0 unspecified atom stereocenters. The third-order valence-corrected chi connectivity index (χ3v) is 9.61. The predicted molar refractivity (Wildman–Crippen MR) is 202 cm³/mol. The first-order valence-corrected chi connectivity index (χ1v) is 16.3. The Balaban J connectivity index is 1.22. The highest BCUT2D eigenvalue weighted by Gasteiger charge is 2.18. The fourth-order valence-corrected chi connectivity index (χ4v) is 7.48. The van der Waals surface area contributed by atoms with Gasteiger partial charge in [0.15, 0.2) is 0 Å². The first-order chi connectivity index (χ1) is 24.2. The molecule has 226 valence electrons. The SMILES string of the molecule is N#Cc1cc(-c2ccc(-n3c4ccccc4c4cc(C#N)ccc43)cc2)cc(-c2c3ccccc3c(-c3ccccc3)c3ccccc23)c1. The lowest BCUT2D eigenvalue weighted by Gasteiger charge is -2.18. The monoisotopic (exact) mass is 621 g/mol. The van der Waals surface area contributed by atoms with Crippen molar-refractivity contribution in [2.45, 2.75) is 0 Å². The summed E-state index contributed by atoms with van der Waals surface area (Å²) in [7, 11) is 0. The molecule has 0 saturated heterocycles. The maximum absolute atomic E-state index is 10.2. The Morgan fingerprint density at radius 3 is 1.51 bits per heavy atom. The highest BCUT2D eigenvalue weighted by atomic mass is 15.0. The molecule has 0 radical (unpaired) electrons. The maximum atomic E-state index is 10.2. The summed E-state index contributed by atoms with van der Waals surface area (Å²) in [6.07, 6.45) is 0. The van der Waals surface area contributed by atoms with E-state index in [1.807, 2.05) is 42.5 Å². The molecule has 49 heavy (non-hydrogen) atoms. The van der Waals surface area contributed by atoms with Crippen molar-refractivity contribution >= 4 is 43.4 Å². The fraction of sp³-hybridized carbons (Fsp3) is 0. The Labute approximate surface area is 283 Å². The topological polar surface area (TPSA) is 52.5 Å². The van der Waals surface area contributed by atoms with Crippen LogP contribution in [-0.2, 0) is 0 Å². The van der Waals surface area contributed by atoms with Gasteiger partial charge in [-0.3, -0.25) is 0 Å². The molecule has 0 bridgehead atoms. The lowest BCUT2D eigenvalue weighted by molar-refractivity contribution is 1.18. The average molecular weight is 622 g/mol. The first-order valence-electron chi connectivity index (χ1n) is 16.3. The summed E-state index contributed by atoms with van der Waals surface area (Å²) in [6.45, 7) is 0. The van der Waals surface area contributed by atoms with Gasteiger partial charge in [-0.2, -0.15) is 10.5 Å². The second kappa shape index (κ2) is 11.4. The standard InChI is InChI=1S/C46H27N3/c47-28-30-18-23-44-42(26-30)37-12-8-9-17-43(37)49(44)36-21-19-32(20-22-36)34-24-31(29-48)25-35(27-34)46-40-15-6-4-13-38(40)45(33-10-2-1-3-11-33)39-14-5-7-16-41(39)46/h1-27H. The number of rotatable bonds is 4. The van der Waals surface area contributed by atoms with Gasteiger partial charge in [-0.05, 0) is 110 Å². The van der Waals surface area contributed by atoms with Crippen molar-refractivity contribution in [3.63, 3.8) is 0 Å². The van der Waals surface area contributed by atoms with Crippen LogP contribution in [0, 0.1) is 22.7 Å². The molecule has 9 aromatic rings. The third-order valence-electron chi connectivity index (χ3n) is 9.61. The van der Waals surface area contributed by atoms with E-state index in [2.05, 4.69) is 138 Å². The van der Waals surface area contributed by atoms with Gasteiger partial charge >= 0.3 is 0 Å². The van der Waals surface area contributed by atoms with Crippen molar-refractivity contribution in [1.82, 2.24) is 4.57 Å². The molecular weight excluding hydrogens is 595 g/mol. The van der Waals surface area contributed by atoms with E-state index in [0.29, 0.717) is 11.1 Å². The maximum Gasteiger partial charge on any atom is 0.0992 e. The van der Waals surface area contributed by atoms with E-state index in [9.17, 15) is 10.5 Å². The zero-order chi connectivity index (χ0) is 32.9. The summed E-state index contributed by atoms with van der Waals surface area (Å²) in [5.74, 6) is 0. The van der Waals surface area contributed by atoms with E-state index in [1.165, 1.54) is 21.9 Å². The van der Waals surface area contributed by atoms with E-state index in [1.54, 1.807) is 0 Å². The summed E-state index contributed by atoms with van der Waals surface area (Å²) in [5, 5.41) is 26.6. The molecule has 3 heteroatoms. The normalized spacial score (nSPS) is 11.2. The smallest absolute Gasteiger partial charge is 0.0992 e. The molecule has 9 rings (SSSR count). The van der Waals surface area contributed by atoms with Gasteiger partial charge < -0.3 is 4.57 Å². The van der Waals surface area contributed by atoms with E-state index < -0.39 is 0 Å². The molecule has 0 fully saturated rings. The molecule has 1 heterocycles. The van der Waals surface area contributed by atoms with Gasteiger partial charge in [-0.1, -0.05) is 109 Å². The summed E-state index contributed by atoms with van der Waals surface area (Å²) >= 11 is 0. The van der Waals surface area contributed by atoms with Crippen LogP contribution in [0.5, 0.6) is 0 Å². The number of aromatic nitrogens is 1. The van der Waals surface area contributed by atoms with Gasteiger partial charge in [-0.15, -0.1) is 0 Å². The molecule has 0 saturated carbocycles. The molecule has 0 aliphatic carbocycles. The van der Waals surface area contributed by atoms with Crippen LogP contribution < -0.4 is 0 Å². The predicted octanol–water partition coefficient (Wildman–Crippen LogP) is 11.8. The third kappa shape index (κ3) is 4.57. The average Bonchev–Trinajstić information content (AvgIpc) is 3.50. The Hall–Kier alpha value is -6.94. The molecule has 3 nitrogen and oxygen atoms in total. The van der Waals surface area contributed by atoms with Crippen LogP contribution in [0.25, 0.3) is 82.4 Å². The minimum absolute atomic E-state index is 0.618. The van der Waals surface area contributed by atoms with Crippen LogP contribution in [0.3, 0.4) is 0 Å². The largest absolute Gasteiger partial charge is 0.309 e. The summed E-state index contributed by atoms with van der Waals surface area (Å²) in [4.78, 5) is 0. The van der Waals surface area contributed by atoms with Crippen molar-refractivity contribution in [3.05, 3.63) is 175 Å². The molecule has 0 aliphatic rings. The zero-order valence-electron chi connectivity index (χ0n) is 26.4. The molecule has 0 spiro atoms. The van der Waals surface area contributed by atoms with Gasteiger partial charge in [0.2, 0.25) is 0 Å². The number of hydrogen-bond donors (Lipinski definition) is 0. The van der Waals surface area contributed by atoms with Crippen LogP contribution in [0.4, 0.5) is 0 Å². The minimum Gasteiger partial charge on any atom is -0.309 e. The van der Waals surface area contributed by atoms with Gasteiger partial charge in [-0.25, -0.2) is 0 Å². The highest BCUT2D eigenvalue weighted by molar-refractivity contribution is 6.21. The molecular formula is C46H27N3. The van der Waals surface area contributed by atoms with Gasteiger partial charge in [0.05, 0.1) is 34.3 Å². The molecule has 0 amide bonds. The summed E-state index contributed by atoms with van der Waals surface area (Å²) in [6, 6.07) is 61.4. The Morgan fingerprint density at radius 2 is 0.878 bits per heavy atom. The van der Waals surface area contributed by atoms with Gasteiger partial charge in [0.25, 0.3) is 0 Å². The Kier molecular flexibility index (Phi) is 6.58. The van der Waals surface area contributed by atoms with Crippen molar-refractivity contribution in [3.8, 4) is 51.2 Å². The van der Waals surface area contributed by atoms with Crippen LogP contribution in [-0.4, -0.2) is 4.57 Å². The molecule has 1 aromatic heterocycles. The molecule has 8 aromatic carbocycles. The number of nitriles is 2. The number of benzene rings is 8. The lowest BCUT2D eigenvalue weighted by atomic mass is 9.85. The molecule has 0 N–H and O–H groups in total. The van der Waals surface area contributed by atoms with Gasteiger partial charge in [0, 0.05) is 16.5 Å². The van der Waals surface area contributed by atoms with Crippen molar-refractivity contribution in [2.75, 3.05) is 0 Å². The second-order valence-corrected chi connectivity index (χ2v) is 12.4. The van der Waals surface area contributed by atoms with Crippen molar-refractivity contribution in [2.24, 2.45) is 0 Å². The number of fused-ring (bicyclic) bond motifs is 5. The quantitative estimate of drug-likeness (QED) is 0.184. The summed E-state index contributed by atoms with van der Waals surface area (Å²) < 4.78 is 2.25. The second-order valence-electron chi connectivity index (χ2n) is 12.4. The molecule has 0 aliphatic heterocycles. The highest BCUT2D eigenvalue weighted by Crippen LogP contribution is 2.44. The Morgan fingerprint density at radius 1 is 0.347 bits per heavy atom. The number of hydrogen-bond acceptors (Lipinski definition) is 2. The van der Waals surface area contributed by atoms with Crippen LogP contribution in [0.15, 0.2) is 164 Å². The lowest BCUT2D eigenvalue weighted by Crippen LogP contribution is -1.94. The van der Waals surface area contributed by atoms with E-state index in [0.717, 1.165) is 60.5 Å². The zero-order valence-corrected chi connectivity index (χ0v) is 26.4. The summed E-state index contributed by atoms with van der Waals surface area (Å²) in [5.41, 5.74) is 11.0. The molecule has 0 atom stereocenters. The number of para-hydroxylation sites is 1. The van der Waals surface area contributed by atoms with E-state index >= 15 is 0 Å². The Bertz CT molecular complexity index is 2770. The van der Waals surface area contributed by atoms with E-state index in [-0.39, 0.29) is 0 Å². The minimum atomic E-state index is 0.618. The first kappa shape index (κ1) is 28.3. The van der Waals surface area contributed by atoms with Crippen LogP contribution in [0.1, 0.15) is 11.1 Å². The van der Waals surface area contributed by atoms with Crippen LogP contribution >= 0.6 is 0 Å². The number of nitrogens with zero attached hydrogens (tertiary/aromatic N) is 3. The van der Waals surface area contributed by atoms with Gasteiger partial charge in [0.1, 0.15) is 0 Å². The van der Waals surface area contributed by atoms with E-state index in [4.69, 9.17) is 0 Å². The fourth-order valence-electron chi connectivity index (χ4n) is 7.48. The van der Waals surface area contributed by atoms with Crippen molar-refractivity contribution < 1.29 is 0 Å². The van der Waals surface area contributed by atoms with Crippen LogP contribution in [0.2, 0.25) is 0 Å².